The highest BCUT2D eigenvalue weighted by molar-refractivity contribution is 7.71. The van der Waals surface area contributed by atoms with E-state index in [1.54, 1.807) is 6.92 Å². The molecule has 0 unspecified atom stereocenters. The van der Waals surface area contributed by atoms with E-state index in [-0.39, 0.29) is 16.0 Å². The quantitative estimate of drug-likeness (QED) is 0.287. The number of aromatic amines is 1. The summed E-state index contributed by atoms with van der Waals surface area (Å²) in [5.74, 6) is 3.93. The van der Waals surface area contributed by atoms with Crippen LogP contribution in [0.25, 0.3) is 0 Å². The topological polar surface area (TPSA) is 104 Å². The molecule has 0 amide bonds. The summed E-state index contributed by atoms with van der Waals surface area (Å²) in [6.07, 6.45) is 1.17. The van der Waals surface area contributed by atoms with Gasteiger partial charge in [-0.25, -0.2) is 9.78 Å². The number of hydrogen-bond acceptors (Lipinski definition) is 5. The van der Waals surface area contributed by atoms with Crippen molar-refractivity contribution in [2.24, 2.45) is 10.9 Å². The summed E-state index contributed by atoms with van der Waals surface area (Å²) in [5, 5.41) is 12.2. The maximum atomic E-state index is 10.8. The van der Waals surface area contributed by atoms with E-state index >= 15 is 0 Å². The Hall–Kier alpha value is -1.76. The van der Waals surface area contributed by atoms with Crippen LogP contribution in [-0.2, 0) is 0 Å². The molecule has 7 heteroatoms. The standard InChI is InChI=1S/C7H8N4O2S/c1-3(11-8)5-4(6(12)13)2-9-7(14)10-5/h2H,8H2,1H3,(H,12,13)(H,9,10,14)/b11-3+. The predicted molar refractivity (Wildman–Crippen MR) is 52.8 cm³/mol. The number of aromatic nitrogens is 2. The third kappa shape index (κ3) is 1.94. The normalized spacial score (nSPS) is 11.4. The summed E-state index contributed by atoms with van der Waals surface area (Å²) in [6.45, 7) is 1.58. The number of rotatable bonds is 2. The largest absolute Gasteiger partial charge is 0.478 e. The highest BCUT2D eigenvalue weighted by Gasteiger charge is 2.12. The van der Waals surface area contributed by atoms with Gasteiger partial charge in [-0.2, -0.15) is 5.10 Å². The third-order valence-electron chi connectivity index (χ3n) is 1.60. The summed E-state index contributed by atoms with van der Waals surface area (Å²) >= 11 is 4.76. The zero-order valence-electron chi connectivity index (χ0n) is 7.31. The number of nitrogens with two attached hydrogens (primary N) is 1. The van der Waals surface area contributed by atoms with Crippen molar-refractivity contribution >= 4 is 23.9 Å². The van der Waals surface area contributed by atoms with Crippen LogP contribution in [-0.4, -0.2) is 26.8 Å². The average Bonchev–Trinajstić information content (AvgIpc) is 2.16. The Morgan fingerprint density at radius 3 is 2.93 bits per heavy atom. The first kappa shape index (κ1) is 10.3. The Morgan fingerprint density at radius 1 is 1.79 bits per heavy atom. The number of aromatic carboxylic acids is 1. The van der Waals surface area contributed by atoms with Gasteiger partial charge in [-0.1, -0.05) is 0 Å². The lowest BCUT2D eigenvalue weighted by Crippen LogP contribution is -2.11. The number of carboxylic acids is 1. The van der Waals surface area contributed by atoms with E-state index < -0.39 is 5.97 Å². The number of hydrazone groups is 1. The number of nitrogens with one attached hydrogen (secondary N) is 1. The Kier molecular flexibility index (Phi) is 2.92. The monoisotopic (exact) mass is 212 g/mol. The molecule has 0 radical (unpaired) electrons. The molecule has 0 saturated heterocycles. The third-order valence-corrected chi connectivity index (χ3v) is 1.81. The minimum Gasteiger partial charge on any atom is -0.478 e. The molecule has 0 saturated carbocycles. The minimum absolute atomic E-state index is 0.00898. The average molecular weight is 212 g/mol. The van der Waals surface area contributed by atoms with Crippen LogP contribution < -0.4 is 5.84 Å². The van der Waals surface area contributed by atoms with Crippen molar-refractivity contribution in [3.63, 3.8) is 0 Å². The van der Waals surface area contributed by atoms with Gasteiger partial charge < -0.3 is 15.9 Å². The lowest BCUT2D eigenvalue weighted by Gasteiger charge is -2.03. The molecule has 0 aliphatic carbocycles. The van der Waals surface area contributed by atoms with Gasteiger partial charge >= 0.3 is 5.97 Å². The van der Waals surface area contributed by atoms with Crippen molar-refractivity contribution in [2.45, 2.75) is 6.92 Å². The molecule has 74 valence electrons. The van der Waals surface area contributed by atoms with Crippen molar-refractivity contribution in [3.8, 4) is 0 Å². The van der Waals surface area contributed by atoms with Gasteiger partial charge in [0.25, 0.3) is 0 Å². The van der Waals surface area contributed by atoms with E-state index in [2.05, 4.69) is 15.1 Å². The van der Waals surface area contributed by atoms with Crippen molar-refractivity contribution in [1.29, 1.82) is 0 Å². The molecule has 1 heterocycles. The summed E-state index contributed by atoms with van der Waals surface area (Å²) in [7, 11) is 0. The summed E-state index contributed by atoms with van der Waals surface area (Å²) in [6, 6.07) is 0. The zero-order chi connectivity index (χ0) is 10.7. The van der Waals surface area contributed by atoms with Gasteiger partial charge in [-0.3, -0.25) is 0 Å². The smallest absolute Gasteiger partial charge is 0.339 e. The van der Waals surface area contributed by atoms with E-state index in [9.17, 15) is 4.79 Å². The van der Waals surface area contributed by atoms with Crippen molar-refractivity contribution in [3.05, 3.63) is 22.2 Å². The van der Waals surface area contributed by atoms with E-state index in [0.717, 1.165) is 0 Å². The Morgan fingerprint density at radius 2 is 2.43 bits per heavy atom. The van der Waals surface area contributed by atoms with Gasteiger partial charge in [0.15, 0.2) is 4.77 Å². The first-order valence-corrected chi connectivity index (χ1v) is 4.04. The first-order chi connectivity index (χ1) is 6.56. The first-order valence-electron chi connectivity index (χ1n) is 3.63. The predicted octanol–water partition coefficient (Wildman–Crippen LogP) is 0.520. The Balaban J connectivity index is 3.45. The van der Waals surface area contributed by atoms with E-state index in [0.29, 0.717) is 5.71 Å². The molecule has 6 nitrogen and oxygen atoms in total. The van der Waals surface area contributed by atoms with Gasteiger partial charge in [0, 0.05) is 6.20 Å². The number of carbonyl (C=O) groups is 1. The van der Waals surface area contributed by atoms with Gasteiger partial charge in [0.1, 0.15) is 5.56 Å². The van der Waals surface area contributed by atoms with Crippen LogP contribution in [0.4, 0.5) is 0 Å². The number of carboxylic acid groups (broad SMARTS) is 1. The number of H-pyrrole nitrogens is 1. The van der Waals surface area contributed by atoms with Crippen molar-refractivity contribution in [1.82, 2.24) is 9.97 Å². The fourth-order valence-electron chi connectivity index (χ4n) is 0.906. The molecular weight excluding hydrogens is 204 g/mol. The maximum Gasteiger partial charge on any atom is 0.339 e. The molecule has 1 aromatic heterocycles. The Labute approximate surface area is 84.5 Å². The van der Waals surface area contributed by atoms with E-state index in [1.165, 1.54) is 6.20 Å². The molecule has 0 bridgehead atoms. The van der Waals surface area contributed by atoms with Crippen LogP contribution in [0, 0.1) is 4.77 Å². The second-order valence-electron chi connectivity index (χ2n) is 2.50. The molecule has 14 heavy (non-hydrogen) atoms. The van der Waals surface area contributed by atoms with Gasteiger partial charge in [0.05, 0.1) is 11.4 Å². The van der Waals surface area contributed by atoms with Crippen LogP contribution >= 0.6 is 12.2 Å². The van der Waals surface area contributed by atoms with Crippen LogP contribution in [0.15, 0.2) is 11.3 Å². The van der Waals surface area contributed by atoms with Crippen LogP contribution in [0.3, 0.4) is 0 Å². The fourth-order valence-corrected chi connectivity index (χ4v) is 1.06. The minimum atomic E-state index is -1.11. The highest BCUT2D eigenvalue weighted by Crippen LogP contribution is 2.05. The van der Waals surface area contributed by atoms with E-state index in [1.807, 2.05) is 0 Å². The fraction of sp³-hybridized carbons (Fsp3) is 0.143. The van der Waals surface area contributed by atoms with Crippen LogP contribution in [0.5, 0.6) is 0 Å². The summed E-state index contributed by atoms with van der Waals surface area (Å²) in [5.41, 5.74) is 0.626. The van der Waals surface area contributed by atoms with Gasteiger partial charge in [-0.05, 0) is 19.1 Å². The second-order valence-corrected chi connectivity index (χ2v) is 2.88. The number of hydrogen-bond donors (Lipinski definition) is 3. The highest BCUT2D eigenvalue weighted by atomic mass is 32.1. The zero-order valence-corrected chi connectivity index (χ0v) is 8.13. The molecule has 1 rings (SSSR count). The molecule has 0 aliphatic rings. The SMILES string of the molecule is C/C(=N\N)c1[nH]c(=S)ncc1C(=O)O. The Bertz CT molecular complexity index is 451. The lowest BCUT2D eigenvalue weighted by molar-refractivity contribution is 0.0695. The summed E-state index contributed by atoms with van der Waals surface area (Å²) in [4.78, 5) is 17.0. The van der Waals surface area contributed by atoms with Gasteiger partial charge in [0.2, 0.25) is 0 Å². The van der Waals surface area contributed by atoms with E-state index in [4.69, 9.17) is 23.2 Å². The van der Waals surface area contributed by atoms with Crippen LogP contribution in [0.1, 0.15) is 23.0 Å². The maximum absolute atomic E-state index is 10.8. The molecule has 4 N–H and O–H groups in total. The van der Waals surface area contributed by atoms with Crippen molar-refractivity contribution < 1.29 is 9.90 Å². The molecule has 0 spiro atoms. The number of nitrogens with zero attached hydrogens (tertiary/aromatic N) is 2. The molecular formula is C7H8N4O2S. The molecule has 0 atom stereocenters. The molecule has 0 aliphatic heterocycles. The molecule has 0 fully saturated rings. The second kappa shape index (κ2) is 3.97. The van der Waals surface area contributed by atoms with Crippen LogP contribution in [0.2, 0.25) is 0 Å². The van der Waals surface area contributed by atoms with Gasteiger partial charge in [-0.15, -0.1) is 0 Å². The molecule has 0 aromatic carbocycles. The van der Waals surface area contributed by atoms with Crippen molar-refractivity contribution in [2.75, 3.05) is 0 Å². The lowest BCUT2D eigenvalue weighted by atomic mass is 10.2. The molecule has 1 aromatic rings. The summed E-state index contributed by atoms with van der Waals surface area (Å²) < 4.78 is 0.188.